The van der Waals surface area contributed by atoms with Crippen LogP contribution >= 0.6 is 12.2 Å². The largest absolute Gasteiger partial charge is 0.573 e. The molecule has 0 aromatic heterocycles. The van der Waals surface area contributed by atoms with E-state index in [1.54, 1.807) is 24.3 Å². The molecule has 0 bridgehead atoms. The molecule has 2 aliphatic rings. The van der Waals surface area contributed by atoms with Crippen molar-refractivity contribution in [2.75, 3.05) is 51.6 Å². The van der Waals surface area contributed by atoms with Gasteiger partial charge in [0.15, 0.2) is 5.11 Å². The van der Waals surface area contributed by atoms with Crippen LogP contribution in [0.25, 0.3) is 0 Å². The van der Waals surface area contributed by atoms with E-state index in [-0.39, 0.29) is 17.7 Å². The van der Waals surface area contributed by atoms with E-state index in [1.165, 1.54) is 26.0 Å². The minimum atomic E-state index is -4.94. The predicted octanol–water partition coefficient (Wildman–Crippen LogP) is 5.32. The highest BCUT2D eigenvalue weighted by molar-refractivity contribution is 7.80. The van der Waals surface area contributed by atoms with E-state index in [9.17, 15) is 22.4 Å². The van der Waals surface area contributed by atoms with E-state index in [0.29, 0.717) is 48.2 Å². The second-order valence-electron chi connectivity index (χ2n) is 11.8. The second-order valence-corrected chi connectivity index (χ2v) is 12.2. The van der Waals surface area contributed by atoms with Gasteiger partial charge in [-0.05, 0) is 75.3 Å². The summed E-state index contributed by atoms with van der Waals surface area (Å²) in [5.74, 6) is -2.38. The fourth-order valence-corrected chi connectivity index (χ4v) is 5.54. The average molecular weight is 656 g/mol. The zero-order valence-electron chi connectivity index (χ0n) is 25.7. The lowest BCUT2D eigenvalue weighted by molar-refractivity contribution is -0.274. The SMILES string of the molecule is CN1CCN(CCNC(=O)c2cc(OC3CCC(NC(=S)Nc4cccc(OC(C)(C)F)c4)CC3)ccc2OC(F)(F)F)CC1. The molecule has 2 aromatic rings. The predicted molar refractivity (Wildman–Crippen MR) is 168 cm³/mol. The van der Waals surface area contributed by atoms with Gasteiger partial charge in [-0.3, -0.25) is 9.69 Å². The highest BCUT2D eigenvalue weighted by Crippen LogP contribution is 2.32. The molecule has 45 heavy (non-hydrogen) atoms. The summed E-state index contributed by atoms with van der Waals surface area (Å²) >= 11 is 5.46. The number of nitrogens with one attached hydrogen (secondary N) is 3. The van der Waals surface area contributed by atoms with E-state index in [1.807, 2.05) is 7.05 Å². The monoisotopic (exact) mass is 655 g/mol. The number of piperazine rings is 1. The van der Waals surface area contributed by atoms with Crippen LogP contribution in [-0.4, -0.2) is 91.5 Å². The van der Waals surface area contributed by atoms with Crippen molar-refractivity contribution < 1.29 is 36.6 Å². The molecule has 0 spiro atoms. The maximum absolute atomic E-state index is 13.8. The fourth-order valence-electron chi connectivity index (χ4n) is 5.26. The summed E-state index contributed by atoms with van der Waals surface area (Å²) in [5, 5.41) is 9.52. The molecule has 1 amide bonds. The molecule has 1 heterocycles. The number of ether oxygens (including phenoxy) is 3. The summed E-state index contributed by atoms with van der Waals surface area (Å²) in [6.07, 6.45) is -2.32. The first kappa shape index (κ1) is 34.5. The molecule has 0 radical (unpaired) electrons. The summed E-state index contributed by atoms with van der Waals surface area (Å²) in [7, 11) is 2.04. The number of benzene rings is 2. The molecule has 2 fully saturated rings. The van der Waals surface area contributed by atoms with Crippen LogP contribution in [0.2, 0.25) is 0 Å². The molecule has 4 rings (SSSR count). The van der Waals surface area contributed by atoms with Gasteiger partial charge in [0, 0.05) is 70.9 Å². The number of carbonyl (C=O) groups is 1. The summed E-state index contributed by atoms with van der Waals surface area (Å²) in [5.41, 5.74) is 0.419. The van der Waals surface area contributed by atoms with Gasteiger partial charge in [0.25, 0.3) is 5.91 Å². The zero-order chi connectivity index (χ0) is 32.6. The van der Waals surface area contributed by atoms with Crippen LogP contribution in [0.1, 0.15) is 49.9 Å². The maximum atomic E-state index is 13.8. The first-order chi connectivity index (χ1) is 21.2. The number of amides is 1. The van der Waals surface area contributed by atoms with Gasteiger partial charge in [-0.1, -0.05) is 6.07 Å². The van der Waals surface area contributed by atoms with Gasteiger partial charge >= 0.3 is 6.36 Å². The molecule has 0 atom stereocenters. The number of hydrogen-bond acceptors (Lipinski definition) is 7. The second kappa shape index (κ2) is 15.3. The van der Waals surface area contributed by atoms with Gasteiger partial charge in [0.2, 0.25) is 5.85 Å². The van der Waals surface area contributed by atoms with Crippen LogP contribution in [0, 0.1) is 0 Å². The molecule has 9 nitrogen and oxygen atoms in total. The fraction of sp³-hybridized carbons (Fsp3) is 0.548. The minimum absolute atomic E-state index is 0.0817. The van der Waals surface area contributed by atoms with E-state index >= 15 is 0 Å². The molecule has 248 valence electrons. The number of carbonyl (C=O) groups excluding carboxylic acids is 1. The number of alkyl halides is 4. The van der Waals surface area contributed by atoms with Crippen molar-refractivity contribution >= 4 is 28.9 Å². The third kappa shape index (κ3) is 11.8. The lowest BCUT2D eigenvalue weighted by Gasteiger charge is -2.32. The molecule has 1 saturated heterocycles. The van der Waals surface area contributed by atoms with Gasteiger partial charge in [-0.25, -0.2) is 0 Å². The molecule has 0 unspecified atom stereocenters. The van der Waals surface area contributed by atoms with Crippen LogP contribution in [-0.2, 0) is 0 Å². The Labute approximate surface area is 266 Å². The molecule has 14 heteroatoms. The highest BCUT2D eigenvalue weighted by atomic mass is 32.1. The Morgan fingerprint density at radius 2 is 1.67 bits per heavy atom. The quantitative estimate of drug-likeness (QED) is 0.220. The lowest BCUT2D eigenvalue weighted by Crippen LogP contribution is -2.46. The van der Waals surface area contributed by atoms with Crippen LogP contribution in [0.5, 0.6) is 17.2 Å². The van der Waals surface area contributed by atoms with Gasteiger partial charge in [-0.2, -0.15) is 4.39 Å². The minimum Gasteiger partial charge on any atom is -0.490 e. The molecular weight excluding hydrogens is 614 g/mol. The maximum Gasteiger partial charge on any atom is 0.573 e. The molecule has 3 N–H and O–H groups in total. The summed E-state index contributed by atoms with van der Waals surface area (Å²) in [4.78, 5) is 17.4. The number of thiocarbonyl (C=S) groups is 1. The van der Waals surface area contributed by atoms with Crippen molar-refractivity contribution in [3.63, 3.8) is 0 Å². The van der Waals surface area contributed by atoms with Gasteiger partial charge in [-0.15, -0.1) is 13.2 Å². The Morgan fingerprint density at radius 3 is 2.33 bits per heavy atom. The number of anilines is 1. The van der Waals surface area contributed by atoms with E-state index in [2.05, 4.69) is 30.5 Å². The van der Waals surface area contributed by atoms with Crippen LogP contribution in [0.4, 0.5) is 23.2 Å². The third-order valence-corrected chi connectivity index (χ3v) is 7.72. The van der Waals surface area contributed by atoms with Crippen molar-refractivity contribution in [2.24, 2.45) is 0 Å². The molecular formula is C31H41F4N5O4S. The Bertz CT molecular complexity index is 1290. The standard InChI is InChI=1S/C31H41F4N5O4S/c1-30(2,32)43-25-6-4-5-22(19-25)38-29(45)37-21-7-9-23(10-8-21)42-24-11-12-27(44-31(33,34)35)26(20-24)28(41)36-13-14-40-17-15-39(3)16-18-40/h4-6,11-12,19-21,23H,7-10,13-18H2,1-3H3,(H,36,41)(H2,37,38,45). The number of nitrogens with zero attached hydrogens (tertiary/aromatic N) is 2. The smallest absolute Gasteiger partial charge is 0.490 e. The van der Waals surface area contributed by atoms with E-state index in [4.69, 9.17) is 21.7 Å². The first-order valence-electron chi connectivity index (χ1n) is 15.0. The first-order valence-corrected chi connectivity index (χ1v) is 15.4. The summed E-state index contributed by atoms with van der Waals surface area (Å²) in [6.45, 7) is 7.10. The summed E-state index contributed by atoms with van der Waals surface area (Å²) in [6, 6.07) is 10.7. The van der Waals surface area contributed by atoms with Crippen molar-refractivity contribution in [1.29, 1.82) is 0 Å². The molecule has 1 aliphatic heterocycles. The Hall–Kier alpha value is -3.36. The zero-order valence-corrected chi connectivity index (χ0v) is 26.5. The Balaban J connectivity index is 1.28. The Morgan fingerprint density at radius 1 is 0.956 bits per heavy atom. The van der Waals surface area contributed by atoms with E-state index < -0.39 is 23.9 Å². The third-order valence-electron chi connectivity index (χ3n) is 7.50. The molecule has 1 saturated carbocycles. The number of likely N-dealkylation sites (N-methyl/N-ethyl adjacent to an activating group) is 1. The number of hydrogen-bond donors (Lipinski definition) is 3. The van der Waals surface area contributed by atoms with Crippen molar-refractivity contribution in [3.8, 4) is 17.2 Å². The van der Waals surface area contributed by atoms with Crippen molar-refractivity contribution in [3.05, 3.63) is 48.0 Å². The molecule has 2 aromatic carbocycles. The number of rotatable bonds is 11. The Kier molecular flexibility index (Phi) is 11.7. The van der Waals surface area contributed by atoms with Crippen LogP contribution < -0.4 is 30.2 Å². The van der Waals surface area contributed by atoms with Crippen LogP contribution in [0.15, 0.2) is 42.5 Å². The highest BCUT2D eigenvalue weighted by Gasteiger charge is 2.33. The van der Waals surface area contributed by atoms with E-state index in [0.717, 1.165) is 45.1 Å². The summed E-state index contributed by atoms with van der Waals surface area (Å²) < 4.78 is 68.6. The van der Waals surface area contributed by atoms with Gasteiger partial charge in [0.05, 0.1) is 11.7 Å². The normalized spacial score (nSPS) is 19.8. The average Bonchev–Trinajstić information content (AvgIpc) is 2.94. The van der Waals surface area contributed by atoms with Gasteiger partial charge < -0.3 is 35.1 Å². The van der Waals surface area contributed by atoms with Crippen LogP contribution in [0.3, 0.4) is 0 Å². The topological polar surface area (TPSA) is 87.3 Å². The number of halogens is 4. The molecule has 1 aliphatic carbocycles. The van der Waals surface area contributed by atoms with Gasteiger partial charge in [0.1, 0.15) is 17.2 Å². The van der Waals surface area contributed by atoms with Crippen molar-refractivity contribution in [2.45, 2.75) is 63.9 Å². The van der Waals surface area contributed by atoms with Crippen molar-refractivity contribution in [1.82, 2.24) is 20.4 Å². The lowest BCUT2D eigenvalue weighted by atomic mass is 9.93.